The maximum Gasteiger partial charge on any atom is 0.313 e. The van der Waals surface area contributed by atoms with E-state index in [1.807, 2.05) is 0 Å². The zero-order valence-electron chi connectivity index (χ0n) is 8.94. The average molecular weight is 272 g/mol. The molecule has 0 unspecified atom stereocenters. The van der Waals surface area contributed by atoms with E-state index in [2.05, 4.69) is 0 Å². The van der Waals surface area contributed by atoms with Crippen LogP contribution in [-0.2, 0) is 10.5 Å². The van der Waals surface area contributed by atoms with Crippen molar-refractivity contribution in [2.24, 2.45) is 0 Å². The number of carboxylic acid groups (broad SMARTS) is 1. The molecule has 8 nitrogen and oxygen atoms in total. The van der Waals surface area contributed by atoms with Gasteiger partial charge in [-0.05, 0) is 6.07 Å². The van der Waals surface area contributed by atoms with Gasteiger partial charge in [-0.25, -0.2) is 0 Å². The second kappa shape index (κ2) is 5.96. The highest BCUT2D eigenvalue weighted by atomic mass is 32.2. The summed E-state index contributed by atoms with van der Waals surface area (Å²) in [6.45, 7) is 0. The summed E-state index contributed by atoms with van der Waals surface area (Å²) in [6.07, 6.45) is 0. The molecule has 0 saturated heterocycles. The van der Waals surface area contributed by atoms with Crippen LogP contribution in [0.3, 0.4) is 0 Å². The molecule has 0 atom stereocenters. The van der Waals surface area contributed by atoms with E-state index in [1.165, 1.54) is 6.07 Å². The third-order valence-electron chi connectivity index (χ3n) is 1.96. The number of benzene rings is 1. The first-order chi connectivity index (χ1) is 8.41. The van der Waals surface area contributed by atoms with Gasteiger partial charge in [-0.2, -0.15) is 0 Å². The van der Waals surface area contributed by atoms with Crippen LogP contribution in [-0.4, -0.2) is 26.7 Å². The lowest BCUT2D eigenvalue weighted by atomic mass is 10.2. The highest BCUT2D eigenvalue weighted by Gasteiger charge is 2.19. The first kappa shape index (κ1) is 13.9. The summed E-state index contributed by atoms with van der Waals surface area (Å²) in [4.78, 5) is 30.1. The Hall–Kier alpha value is -2.16. The minimum Gasteiger partial charge on any atom is -0.481 e. The second-order valence-corrected chi connectivity index (χ2v) is 4.20. The van der Waals surface area contributed by atoms with Gasteiger partial charge < -0.3 is 5.11 Å². The highest BCUT2D eigenvalue weighted by Crippen LogP contribution is 2.27. The topological polar surface area (TPSA) is 124 Å². The summed E-state index contributed by atoms with van der Waals surface area (Å²) < 4.78 is 0. The number of nitrogens with zero attached hydrogens (tertiary/aromatic N) is 2. The average Bonchev–Trinajstić information content (AvgIpc) is 2.28. The maximum atomic E-state index is 10.8. The maximum absolute atomic E-state index is 10.8. The van der Waals surface area contributed by atoms with Gasteiger partial charge >= 0.3 is 5.97 Å². The van der Waals surface area contributed by atoms with Crippen molar-refractivity contribution >= 4 is 29.1 Å². The van der Waals surface area contributed by atoms with E-state index in [9.17, 15) is 25.0 Å². The van der Waals surface area contributed by atoms with E-state index < -0.39 is 15.8 Å². The normalized spacial score (nSPS) is 10.0. The van der Waals surface area contributed by atoms with Crippen molar-refractivity contribution in [3.05, 3.63) is 44.0 Å². The van der Waals surface area contributed by atoms with Crippen molar-refractivity contribution in [2.75, 3.05) is 5.75 Å². The number of non-ortho nitro benzene ring substituents is 1. The number of aliphatic carboxylic acids is 1. The zero-order chi connectivity index (χ0) is 13.7. The fourth-order valence-corrected chi connectivity index (χ4v) is 1.95. The van der Waals surface area contributed by atoms with Crippen LogP contribution in [0.4, 0.5) is 11.4 Å². The monoisotopic (exact) mass is 272 g/mol. The fraction of sp³-hybridized carbons (Fsp3) is 0.222. The summed E-state index contributed by atoms with van der Waals surface area (Å²) in [6, 6.07) is 3.30. The van der Waals surface area contributed by atoms with E-state index in [1.54, 1.807) is 0 Å². The number of hydrogen-bond donors (Lipinski definition) is 1. The van der Waals surface area contributed by atoms with E-state index in [0.717, 1.165) is 23.9 Å². The van der Waals surface area contributed by atoms with E-state index >= 15 is 0 Å². The summed E-state index contributed by atoms with van der Waals surface area (Å²) in [5, 5.41) is 29.7. The van der Waals surface area contributed by atoms with Crippen LogP contribution in [0.15, 0.2) is 18.2 Å². The molecule has 0 aliphatic rings. The van der Waals surface area contributed by atoms with Crippen molar-refractivity contribution in [3.63, 3.8) is 0 Å². The minimum atomic E-state index is -1.02. The molecule has 1 N–H and O–H groups in total. The highest BCUT2D eigenvalue weighted by molar-refractivity contribution is 7.99. The lowest BCUT2D eigenvalue weighted by Crippen LogP contribution is -2.00. The van der Waals surface area contributed by atoms with Gasteiger partial charge in [0, 0.05) is 17.4 Å². The number of nitro benzene ring substituents is 2. The standard InChI is InChI=1S/C9H8N2O6S/c12-9(13)5-18-4-6-1-2-7(10(14)15)3-8(6)11(16)17/h1-3H,4-5H2,(H,12,13). The third kappa shape index (κ3) is 3.70. The van der Waals surface area contributed by atoms with Gasteiger partial charge in [0.15, 0.2) is 0 Å². The van der Waals surface area contributed by atoms with Crippen LogP contribution in [0, 0.1) is 20.2 Å². The Morgan fingerprint density at radius 3 is 2.44 bits per heavy atom. The van der Waals surface area contributed by atoms with Crippen LogP contribution in [0.2, 0.25) is 0 Å². The quantitative estimate of drug-likeness (QED) is 0.618. The Labute approximate surface area is 105 Å². The molecule has 0 bridgehead atoms. The van der Waals surface area contributed by atoms with Gasteiger partial charge in [0.05, 0.1) is 21.7 Å². The number of hydrogen-bond acceptors (Lipinski definition) is 6. The van der Waals surface area contributed by atoms with Crippen molar-refractivity contribution in [1.29, 1.82) is 0 Å². The van der Waals surface area contributed by atoms with Crippen molar-refractivity contribution < 1.29 is 19.7 Å². The predicted octanol–water partition coefficient (Wildman–Crippen LogP) is 1.82. The molecule has 0 fully saturated rings. The number of thioether (sulfide) groups is 1. The minimum absolute atomic E-state index is 0.112. The number of nitro groups is 2. The molecule has 9 heteroatoms. The molecular weight excluding hydrogens is 264 g/mol. The van der Waals surface area contributed by atoms with E-state index in [4.69, 9.17) is 5.11 Å². The molecule has 1 aromatic carbocycles. The molecule has 0 aliphatic heterocycles. The van der Waals surface area contributed by atoms with Gasteiger partial charge in [-0.15, -0.1) is 11.8 Å². The van der Waals surface area contributed by atoms with Crippen LogP contribution >= 0.6 is 11.8 Å². The molecular formula is C9H8N2O6S. The predicted molar refractivity (Wildman–Crippen MR) is 63.5 cm³/mol. The van der Waals surface area contributed by atoms with Crippen LogP contribution in [0.1, 0.15) is 5.56 Å². The van der Waals surface area contributed by atoms with Crippen molar-refractivity contribution in [2.45, 2.75) is 5.75 Å². The molecule has 1 rings (SSSR count). The molecule has 0 saturated carbocycles. The smallest absolute Gasteiger partial charge is 0.313 e. The molecule has 0 amide bonds. The first-order valence-electron chi connectivity index (χ1n) is 4.63. The Morgan fingerprint density at radius 2 is 1.94 bits per heavy atom. The third-order valence-corrected chi connectivity index (χ3v) is 2.93. The fourth-order valence-electron chi connectivity index (χ4n) is 1.21. The molecule has 0 aliphatic carbocycles. The number of rotatable bonds is 6. The van der Waals surface area contributed by atoms with E-state index in [-0.39, 0.29) is 28.4 Å². The Kier molecular flexibility index (Phi) is 4.60. The zero-order valence-corrected chi connectivity index (χ0v) is 9.75. The lowest BCUT2D eigenvalue weighted by molar-refractivity contribution is -0.394. The van der Waals surface area contributed by atoms with Gasteiger partial charge in [-0.3, -0.25) is 25.0 Å². The van der Waals surface area contributed by atoms with Gasteiger partial charge in [0.25, 0.3) is 11.4 Å². The SMILES string of the molecule is O=C(O)CSCc1ccc([N+](=O)[O-])cc1[N+](=O)[O-]. The largest absolute Gasteiger partial charge is 0.481 e. The van der Waals surface area contributed by atoms with Gasteiger partial charge in [-0.1, -0.05) is 0 Å². The second-order valence-electron chi connectivity index (χ2n) is 3.21. The molecule has 0 aromatic heterocycles. The van der Waals surface area contributed by atoms with Crippen molar-refractivity contribution in [1.82, 2.24) is 0 Å². The Bertz CT molecular complexity index is 504. The summed E-state index contributed by atoms with van der Waals surface area (Å²) in [5.41, 5.74) is -0.479. The molecule has 1 aromatic rings. The van der Waals surface area contributed by atoms with Crippen LogP contribution in [0.5, 0.6) is 0 Å². The van der Waals surface area contributed by atoms with Crippen LogP contribution in [0.25, 0.3) is 0 Å². The van der Waals surface area contributed by atoms with Crippen LogP contribution < -0.4 is 0 Å². The summed E-state index contributed by atoms with van der Waals surface area (Å²) >= 11 is 0.986. The number of carbonyl (C=O) groups is 1. The molecule has 0 radical (unpaired) electrons. The molecule has 18 heavy (non-hydrogen) atoms. The van der Waals surface area contributed by atoms with Gasteiger partial charge in [0.1, 0.15) is 0 Å². The Morgan fingerprint density at radius 1 is 1.28 bits per heavy atom. The summed E-state index contributed by atoms with van der Waals surface area (Å²) in [7, 11) is 0. The Balaban J connectivity index is 2.93. The van der Waals surface area contributed by atoms with Crippen molar-refractivity contribution in [3.8, 4) is 0 Å². The molecule has 96 valence electrons. The van der Waals surface area contributed by atoms with Gasteiger partial charge in [0.2, 0.25) is 0 Å². The summed E-state index contributed by atoms with van der Waals surface area (Å²) in [5.74, 6) is -1.10. The first-order valence-corrected chi connectivity index (χ1v) is 5.78. The van der Waals surface area contributed by atoms with E-state index in [0.29, 0.717) is 0 Å². The lowest BCUT2D eigenvalue weighted by Gasteiger charge is -2.01. The number of carboxylic acids is 1. The molecule has 0 heterocycles. The molecule has 0 spiro atoms.